The first-order chi connectivity index (χ1) is 11.6. The molecule has 0 bridgehead atoms. The molecule has 2 aromatic carbocycles. The fraction of sp³-hybridized carbons (Fsp3) is 0.316. The Hall–Kier alpha value is -1.55. The molecular formula is C19H22Cl2N2O. The van der Waals surface area contributed by atoms with Crippen molar-refractivity contribution in [2.75, 3.05) is 18.4 Å². The highest BCUT2D eigenvalue weighted by molar-refractivity contribution is 6.35. The molecule has 5 heteroatoms. The number of carbonyl (C=O) groups is 1. The van der Waals surface area contributed by atoms with Gasteiger partial charge < -0.3 is 10.6 Å². The molecular weight excluding hydrogens is 343 g/mol. The number of hydrogen-bond donors (Lipinski definition) is 2. The van der Waals surface area contributed by atoms with Crippen molar-refractivity contribution in [2.45, 2.75) is 26.2 Å². The number of benzene rings is 2. The summed E-state index contributed by atoms with van der Waals surface area (Å²) in [5, 5.41) is 7.56. The summed E-state index contributed by atoms with van der Waals surface area (Å²) >= 11 is 12.0. The van der Waals surface area contributed by atoms with Crippen LogP contribution in [0.4, 0.5) is 5.69 Å². The third-order valence-electron chi connectivity index (χ3n) is 3.79. The first-order valence-electron chi connectivity index (χ1n) is 8.12. The van der Waals surface area contributed by atoms with Gasteiger partial charge in [-0.1, -0.05) is 54.4 Å². The summed E-state index contributed by atoms with van der Waals surface area (Å²) in [5.74, 6) is 0.0212. The Kier molecular flexibility index (Phi) is 7.57. The molecule has 3 nitrogen and oxygen atoms in total. The average Bonchev–Trinajstić information content (AvgIpc) is 2.57. The molecule has 2 aromatic rings. The molecule has 0 fully saturated rings. The fourth-order valence-electron chi connectivity index (χ4n) is 2.44. The zero-order valence-corrected chi connectivity index (χ0v) is 15.3. The van der Waals surface area contributed by atoms with Gasteiger partial charge in [0.1, 0.15) is 0 Å². The number of aryl methyl sites for hydroxylation is 1. The van der Waals surface area contributed by atoms with Gasteiger partial charge in [-0.15, -0.1) is 0 Å². The number of halogens is 2. The van der Waals surface area contributed by atoms with E-state index in [1.54, 1.807) is 6.07 Å². The second kappa shape index (κ2) is 9.67. The highest BCUT2D eigenvalue weighted by Crippen LogP contribution is 2.21. The summed E-state index contributed by atoms with van der Waals surface area (Å²) < 4.78 is 0. The van der Waals surface area contributed by atoms with Gasteiger partial charge in [-0.3, -0.25) is 4.79 Å². The molecule has 0 aromatic heterocycles. The predicted octanol–water partition coefficient (Wildman–Crippen LogP) is 4.72. The quantitative estimate of drug-likeness (QED) is 0.665. The third-order valence-corrected chi connectivity index (χ3v) is 4.37. The van der Waals surface area contributed by atoms with Crippen LogP contribution in [0, 0.1) is 0 Å². The topological polar surface area (TPSA) is 41.1 Å². The molecule has 1 amide bonds. The van der Waals surface area contributed by atoms with Crippen molar-refractivity contribution in [2.24, 2.45) is 0 Å². The van der Waals surface area contributed by atoms with E-state index in [4.69, 9.17) is 23.2 Å². The molecule has 0 atom stereocenters. The third kappa shape index (κ3) is 5.82. The number of amides is 1. The van der Waals surface area contributed by atoms with Crippen LogP contribution in [0.2, 0.25) is 10.0 Å². The lowest BCUT2D eigenvalue weighted by Gasteiger charge is -2.10. The van der Waals surface area contributed by atoms with Gasteiger partial charge in [0, 0.05) is 28.7 Å². The van der Waals surface area contributed by atoms with Crippen molar-refractivity contribution in [1.82, 2.24) is 5.32 Å². The fourth-order valence-corrected chi connectivity index (χ4v) is 2.94. The molecule has 2 N–H and O–H groups in total. The number of nitrogens with one attached hydrogen (secondary N) is 2. The average molecular weight is 365 g/mol. The highest BCUT2D eigenvalue weighted by Gasteiger charge is 2.05. The Morgan fingerprint density at radius 2 is 1.83 bits per heavy atom. The molecule has 0 aliphatic heterocycles. The summed E-state index contributed by atoms with van der Waals surface area (Å²) in [4.78, 5) is 12.0. The molecule has 0 aliphatic rings. The Bertz CT molecular complexity index is 689. The van der Waals surface area contributed by atoms with E-state index >= 15 is 0 Å². The molecule has 0 saturated heterocycles. The summed E-state index contributed by atoms with van der Waals surface area (Å²) in [7, 11) is 0. The minimum Gasteiger partial charge on any atom is -0.326 e. The Labute approximate surface area is 153 Å². The van der Waals surface area contributed by atoms with E-state index < -0.39 is 0 Å². The molecule has 0 saturated carbocycles. The Morgan fingerprint density at radius 1 is 1.04 bits per heavy atom. The van der Waals surface area contributed by atoms with Gasteiger partial charge >= 0.3 is 0 Å². The van der Waals surface area contributed by atoms with E-state index in [0.717, 1.165) is 36.2 Å². The van der Waals surface area contributed by atoms with Gasteiger partial charge in [-0.25, -0.2) is 0 Å². The van der Waals surface area contributed by atoms with Crippen molar-refractivity contribution in [3.05, 3.63) is 63.6 Å². The van der Waals surface area contributed by atoms with Crippen LogP contribution in [-0.2, 0) is 17.6 Å². The van der Waals surface area contributed by atoms with Gasteiger partial charge in [0.15, 0.2) is 0 Å². The standard InChI is InChI=1S/C19H22Cl2N2O/c1-2-14-5-3-4-6-18(14)23-19(24)10-12-22-11-9-15-7-8-16(20)13-17(15)21/h3-8,13,22H,2,9-12H2,1H3,(H,23,24). The zero-order valence-electron chi connectivity index (χ0n) is 13.7. The van der Waals surface area contributed by atoms with E-state index in [1.165, 1.54) is 0 Å². The predicted molar refractivity (Wildman–Crippen MR) is 102 cm³/mol. The summed E-state index contributed by atoms with van der Waals surface area (Å²) in [6.07, 6.45) is 2.14. The number of para-hydroxylation sites is 1. The molecule has 0 unspecified atom stereocenters. The van der Waals surface area contributed by atoms with Crippen LogP contribution in [-0.4, -0.2) is 19.0 Å². The van der Waals surface area contributed by atoms with Crippen molar-refractivity contribution >= 4 is 34.8 Å². The van der Waals surface area contributed by atoms with Crippen molar-refractivity contribution in [3.63, 3.8) is 0 Å². The van der Waals surface area contributed by atoms with E-state index in [0.29, 0.717) is 23.0 Å². The van der Waals surface area contributed by atoms with Crippen LogP contribution in [0.1, 0.15) is 24.5 Å². The second-order valence-electron chi connectivity index (χ2n) is 5.54. The second-order valence-corrected chi connectivity index (χ2v) is 6.39. The molecule has 0 radical (unpaired) electrons. The number of anilines is 1. The van der Waals surface area contributed by atoms with E-state index in [1.807, 2.05) is 36.4 Å². The zero-order chi connectivity index (χ0) is 17.4. The van der Waals surface area contributed by atoms with Crippen molar-refractivity contribution in [3.8, 4) is 0 Å². The van der Waals surface area contributed by atoms with Crippen LogP contribution < -0.4 is 10.6 Å². The maximum Gasteiger partial charge on any atom is 0.225 e. The van der Waals surface area contributed by atoms with Crippen molar-refractivity contribution < 1.29 is 4.79 Å². The normalized spacial score (nSPS) is 10.6. The first-order valence-corrected chi connectivity index (χ1v) is 8.88. The monoisotopic (exact) mass is 364 g/mol. The van der Waals surface area contributed by atoms with Gasteiger partial charge in [0.2, 0.25) is 5.91 Å². The lowest BCUT2D eigenvalue weighted by molar-refractivity contribution is -0.116. The van der Waals surface area contributed by atoms with Crippen LogP contribution in [0.15, 0.2) is 42.5 Å². The molecule has 2 rings (SSSR count). The molecule has 0 spiro atoms. The van der Waals surface area contributed by atoms with E-state index in [9.17, 15) is 4.79 Å². The molecule has 24 heavy (non-hydrogen) atoms. The van der Waals surface area contributed by atoms with E-state index in [2.05, 4.69) is 17.6 Å². The number of hydrogen-bond acceptors (Lipinski definition) is 2. The van der Waals surface area contributed by atoms with Crippen LogP contribution in [0.3, 0.4) is 0 Å². The number of rotatable bonds is 8. The minimum absolute atomic E-state index is 0.0212. The van der Waals surface area contributed by atoms with Gasteiger partial charge in [0.25, 0.3) is 0 Å². The van der Waals surface area contributed by atoms with Crippen molar-refractivity contribution in [1.29, 1.82) is 0 Å². The maximum absolute atomic E-state index is 12.0. The van der Waals surface area contributed by atoms with Gasteiger partial charge in [-0.2, -0.15) is 0 Å². The molecule has 0 heterocycles. The Balaban J connectivity index is 1.69. The minimum atomic E-state index is 0.0212. The number of carbonyl (C=O) groups excluding carboxylic acids is 1. The Morgan fingerprint density at radius 3 is 2.58 bits per heavy atom. The summed E-state index contributed by atoms with van der Waals surface area (Å²) in [6.45, 7) is 3.47. The first kappa shape index (κ1) is 18.8. The molecule has 128 valence electrons. The lowest BCUT2D eigenvalue weighted by atomic mass is 10.1. The summed E-state index contributed by atoms with van der Waals surface area (Å²) in [5.41, 5.74) is 3.10. The van der Waals surface area contributed by atoms with Crippen LogP contribution >= 0.6 is 23.2 Å². The van der Waals surface area contributed by atoms with Gasteiger partial charge in [0.05, 0.1) is 0 Å². The smallest absolute Gasteiger partial charge is 0.225 e. The van der Waals surface area contributed by atoms with Crippen LogP contribution in [0.25, 0.3) is 0 Å². The highest BCUT2D eigenvalue weighted by atomic mass is 35.5. The molecule has 0 aliphatic carbocycles. The lowest BCUT2D eigenvalue weighted by Crippen LogP contribution is -2.24. The summed E-state index contributed by atoms with van der Waals surface area (Å²) in [6, 6.07) is 13.4. The van der Waals surface area contributed by atoms with Gasteiger partial charge in [-0.05, 0) is 48.7 Å². The largest absolute Gasteiger partial charge is 0.326 e. The van der Waals surface area contributed by atoms with E-state index in [-0.39, 0.29) is 5.91 Å². The maximum atomic E-state index is 12.0. The van der Waals surface area contributed by atoms with Crippen LogP contribution in [0.5, 0.6) is 0 Å². The SMILES string of the molecule is CCc1ccccc1NC(=O)CCNCCc1ccc(Cl)cc1Cl.